The Labute approximate surface area is 147 Å². The average molecular weight is 367 g/mol. The Morgan fingerprint density at radius 1 is 1.00 bits per heavy atom. The molecule has 0 aliphatic heterocycles. The van der Waals surface area contributed by atoms with E-state index in [9.17, 15) is 13.2 Å². The highest BCUT2D eigenvalue weighted by Crippen LogP contribution is 2.22. The van der Waals surface area contributed by atoms with Gasteiger partial charge in [-0.2, -0.15) is 0 Å². The van der Waals surface area contributed by atoms with Crippen LogP contribution in [0.3, 0.4) is 0 Å². The highest BCUT2D eigenvalue weighted by molar-refractivity contribution is 7.89. The molecule has 0 heterocycles. The number of nitrogens with one attached hydrogen (secondary N) is 1. The first-order chi connectivity index (χ1) is 11.1. The fraction of sp³-hybridized carbons (Fsp3) is 0.235. The van der Waals surface area contributed by atoms with Crippen LogP contribution in [0.4, 0.5) is 0 Å². The lowest BCUT2D eigenvalue weighted by molar-refractivity contribution is 0.0798. The Morgan fingerprint density at radius 2 is 1.54 bits per heavy atom. The molecule has 0 bridgehead atoms. The highest BCUT2D eigenvalue weighted by Gasteiger charge is 2.35. The third-order valence-electron chi connectivity index (χ3n) is 3.20. The first-order valence-electron chi connectivity index (χ1n) is 7.29. The highest BCUT2D eigenvalue weighted by atomic mass is 35.5. The van der Waals surface area contributed by atoms with Crippen molar-refractivity contribution in [1.29, 1.82) is 0 Å². The van der Waals surface area contributed by atoms with E-state index in [-0.39, 0.29) is 4.90 Å². The molecule has 0 saturated heterocycles. The van der Waals surface area contributed by atoms with Gasteiger partial charge in [0.1, 0.15) is 0 Å². The molecule has 1 N–H and O–H groups in total. The van der Waals surface area contributed by atoms with E-state index in [0.29, 0.717) is 10.6 Å². The number of sulfonamides is 1. The number of amides is 1. The van der Waals surface area contributed by atoms with Crippen LogP contribution in [0.15, 0.2) is 59.5 Å². The fourth-order valence-electron chi connectivity index (χ4n) is 2.04. The topological polar surface area (TPSA) is 66.5 Å². The molecule has 0 atom stereocenters. The minimum atomic E-state index is -3.89. The van der Waals surface area contributed by atoms with Gasteiger partial charge in [0.05, 0.1) is 4.90 Å². The smallest absolute Gasteiger partial charge is 0.266 e. The second-order valence-corrected chi connectivity index (χ2v) is 8.42. The lowest BCUT2D eigenvalue weighted by atomic mass is 10.1. The molecular formula is C17H19ClN2O3S. The SMILES string of the molecule is CC(C)(C)N(NC(=O)c1ccc(Cl)cc1)S(=O)(=O)c1ccccc1. The molecule has 128 valence electrons. The molecule has 2 rings (SSSR count). The maximum atomic E-state index is 12.9. The van der Waals surface area contributed by atoms with Crippen LogP contribution in [0.5, 0.6) is 0 Å². The molecule has 1 amide bonds. The lowest BCUT2D eigenvalue weighted by Crippen LogP contribution is -2.55. The maximum absolute atomic E-state index is 12.9. The van der Waals surface area contributed by atoms with E-state index in [0.717, 1.165) is 4.41 Å². The normalized spacial score (nSPS) is 12.2. The van der Waals surface area contributed by atoms with Gasteiger partial charge in [0.2, 0.25) is 0 Å². The Bertz CT molecular complexity index is 813. The van der Waals surface area contributed by atoms with E-state index in [2.05, 4.69) is 5.43 Å². The molecule has 0 aliphatic carbocycles. The number of hydrazine groups is 1. The zero-order valence-electron chi connectivity index (χ0n) is 13.7. The molecule has 0 saturated carbocycles. The lowest BCUT2D eigenvalue weighted by Gasteiger charge is -2.34. The average Bonchev–Trinajstić information content (AvgIpc) is 2.52. The van der Waals surface area contributed by atoms with Crippen molar-refractivity contribution < 1.29 is 13.2 Å². The van der Waals surface area contributed by atoms with Crippen LogP contribution in [-0.4, -0.2) is 24.3 Å². The first-order valence-corrected chi connectivity index (χ1v) is 9.11. The van der Waals surface area contributed by atoms with Crippen molar-refractivity contribution in [2.75, 3.05) is 0 Å². The van der Waals surface area contributed by atoms with Crippen molar-refractivity contribution in [1.82, 2.24) is 9.84 Å². The number of carbonyl (C=O) groups excluding carboxylic acids is 1. The van der Waals surface area contributed by atoms with Crippen LogP contribution in [0, 0.1) is 0 Å². The minimum absolute atomic E-state index is 0.108. The number of halogens is 1. The van der Waals surface area contributed by atoms with E-state index in [1.54, 1.807) is 51.1 Å². The van der Waals surface area contributed by atoms with Gasteiger partial charge >= 0.3 is 0 Å². The number of rotatable bonds is 4. The van der Waals surface area contributed by atoms with E-state index < -0.39 is 21.5 Å². The molecule has 7 heteroatoms. The van der Waals surface area contributed by atoms with Crippen LogP contribution < -0.4 is 5.43 Å². The van der Waals surface area contributed by atoms with E-state index in [1.165, 1.54) is 24.3 Å². The zero-order chi connectivity index (χ0) is 18.0. The Morgan fingerprint density at radius 3 is 2.04 bits per heavy atom. The number of nitrogens with zero attached hydrogens (tertiary/aromatic N) is 1. The van der Waals surface area contributed by atoms with Crippen molar-refractivity contribution in [2.24, 2.45) is 0 Å². The minimum Gasteiger partial charge on any atom is -0.270 e. The van der Waals surface area contributed by atoms with Crippen molar-refractivity contribution in [3.8, 4) is 0 Å². The van der Waals surface area contributed by atoms with Gasteiger partial charge in [-0.3, -0.25) is 10.2 Å². The summed E-state index contributed by atoms with van der Waals surface area (Å²) in [5, 5.41) is 0.496. The third-order valence-corrected chi connectivity index (χ3v) is 5.44. The number of benzene rings is 2. The second kappa shape index (κ2) is 6.93. The molecule has 2 aromatic rings. The number of hydrogen-bond donors (Lipinski definition) is 1. The van der Waals surface area contributed by atoms with Gasteiger partial charge in [-0.05, 0) is 57.2 Å². The van der Waals surface area contributed by atoms with Crippen LogP contribution in [0.2, 0.25) is 5.02 Å². The van der Waals surface area contributed by atoms with Gasteiger partial charge in [-0.1, -0.05) is 29.8 Å². The number of hydrogen-bond acceptors (Lipinski definition) is 3. The summed E-state index contributed by atoms with van der Waals surface area (Å²) in [4.78, 5) is 12.5. The summed E-state index contributed by atoms with van der Waals surface area (Å²) in [6.07, 6.45) is 0. The van der Waals surface area contributed by atoms with Gasteiger partial charge in [0.25, 0.3) is 15.9 Å². The summed E-state index contributed by atoms with van der Waals surface area (Å²) in [5.41, 5.74) is 1.96. The standard InChI is InChI=1S/C17H19ClN2O3S/c1-17(2,3)20(24(22,23)15-7-5-4-6-8-15)19-16(21)13-9-11-14(18)12-10-13/h4-12H,1-3H3,(H,19,21). The first kappa shape index (κ1) is 18.4. The molecule has 0 radical (unpaired) electrons. The van der Waals surface area contributed by atoms with Gasteiger partial charge in [-0.25, -0.2) is 8.42 Å². The van der Waals surface area contributed by atoms with Crippen molar-refractivity contribution >= 4 is 27.5 Å². The predicted octanol–water partition coefficient (Wildman–Crippen LogP) is 3.47. The predicted molar refractivity (Wildman–Crippen MR) is 94.1 cm³/mol. The number of carbonyl (C=O) groups is 1. The summed E-state index contributed by atoms with van der Waals surface area (Å²) in [5.74, 6) is -0.527. The van der Waals surface area contributed by atoms with Gasteiger partial charge in [0.15, 0.2) is 0 Å². The Balaban J connectivity index is 2.37. The molecule has 0 aromatic heterocycles. The van der Waals surface area contributed by atoms with Crippen LogP contribution >= 0.6 is 11.6 Å². The quantitative estimate of drug-likeness (QED) is 0.842. The largest absolute Gasteiger partial charge is 0.270 e. The van der Waals surface area contributed by atoms with Crippen LogP contribution in [0.25, 0.3) is 0 Å². The van der Waals surface area contributed by atoms with Crippen LogP contribution in [-0.2, 0) is 10.0 Å². The van der Waals surface area contributed by atoms with Gasteiger partial charge in [0, 0.05) is 16.1 Å². The second-order valence-electron chi connectivity index (χ2n) is 6.20. The fourth-order valence-corrected chi connectivity index (χ4v) is 3.81. The van der Waals surface area contributed by atoms with Crippen molar-refractivity contribution in [3.05, 3.63) is 65.2 Å². The molecule has 0 unspecified atom stereocenters. The van der Waals surface area contributed by atoms with Crippen molar-refractivity contribution in [3.63, 3.8) is 0 Å². The summed E-state index contributed by atoms with van der Waals surface area (Å²) in [6, 6.07) is 14.2. The monoisotopic (exact) mass is 366 g/mol. The molecule has 2 aromatic carbocycles. The third kappa shape index (κ3) is 4.14. The summed E-state index contributed by atoms with van der Waals surface area (Å²) in [7, 11) is -3.89. The molecular weight excluding hydrogens is 348 g/mol. The zero-order valence-corrected chi connectivity index (χ0v) is 15.2. The van der Waals surface area contributed by atoms with Crippen LogP contribution in [0.1, 0.15) is 31.1 Å². The molecule has 0 fully saturated rings. The van der Waals surface area contributed by atoms with E-state index >= 15 is 0 Å². The summed E-state index contributed by atoms with van der Waals surface area (Å²) >= 11 is 5.81. The summed E-state index contributed by atoms with van der Waals surface area (Å²) < 4.78 is 26.8. The summed E-state index contributed by atoms with van der Waals surface area (Å²) in [6.45, 7) is 5.11. The van der Waals surface area contributed by atoms with E-state index in [4.69, 9.17) is 11.6 Å². The Kier molecular flexibility index (Phi) is 5.32. The molecule has 24 heavy (non-hydrogen) atoms. The van der Waals surface area contributed by atoms with Gasteiger partial charge in [-0.15, -0.1) is 4.41 Å². The molecule has 0 spiro atoms. The van der Waals surface area contributed by atoms with E-state index in [1.807, 2.05) is 0 Å². The van der Waals surface area contributed by atoms with Crippen molar-refractivity contribution in [2.45, 2.75) is 31.2 Å². The maximum Gasteiger partial charge on any atom is 0.266 e. The van der Waals surface area contributed by atoms with Gasteiger partial charge < -0.3 is 0 Å². The molecule has 5 nitrogen and oxygen atoms in total. The Hall–Kier alpha value is -1.89. The molecule has 0 aliphatic rings.